The Kier molecular flexibility index (Phi) is 8.05. The number of piperazine rings is 1. The molecule has 1 saturated heterocycles. The molecule has 3 aromatic carbocycles. The van der Waals surface area contributed by atoms with Crippen molar-refractivity contribution in [1.82, 2.24) is 20.2 Å². The van der Waals surface area contributed by atoms with Crippen LogP contribution in [-0.4, -0.2) is 55.3 Å². The summed E-state index contributed by atoms with van der Waals surface area (Å²) in [4.78, 5) is 11.7. The monoisotopic (exact) mass is 524 g/mol. The lowest BCUT2D eigenvalue weighted by atomic mass is 9.65. The van der Waals surface area contributed by atoms with Crippen LogP contribution in [0, 0.1) is 12.8 Å². The minimum absolute atomic E-state index is 0.0357. The summed E-state index contributed by atoms with van der Waals surface area (Å²) in [6, 6.07) is 27.4. The first-order valence-electron chi connectivity index (χ1n) is 13.8. The van der Waals surface area contributed by atoms with Crippen LogP contribution in [-0.2, 0) is 5.54 Å². The van der Waals surface area contributed by atoms with Gasteiger partial charge in [-0.3, -0.25) is 4.90 Å². The number of nitrogens with zero attached hydrogens (tertiary/aromatic N) is 2. The molecule has 5 rings (SSSR count). The SMILES string of the molecule is COc1cccc(C(c2cccc(OC)c2)C(c2nc(-c3ccccc3)[nH]c2C)(C(C)C)N2CCNCC2)c1. The highest BCUT2D eigenvalue weighted by Gasteiger charge is 2.52. The van der Waals surface area contributed by atoms with Crippen LogP contribution in [0.1, 0.15) is 42.3 Å². The average Bonchev–Trinajstić information content (AvgIpc) is 3.38. The number of aromatic amines is 1. The van der Waals surface area contributed by atoms with Crippen LogP contribution < -0.4 is 14.8 Å². The minimum Gasteiger partial charge on any atom is -0.497 e. The maximum atomic E-state index is 5.73. The summed E-state index contributed by atoms with van der Waals surface area (Å²) >= 11 is 0. The molecule has 204 valence electrons. The highest BCUT2D eigenvalue weighted by molar-refractivity contribution is 5.57. The topological polar surface area (TPSA) is 62.4 Å². The summed E-state index contributed by atoms with van der Waals surface area (Å²) in [7, 11) is 3.46. The molecule has 2 heterocycles. The van der Waals surface area contributed by atoms with Crippen LogP contribution in [0.3, 0.4) is 0 Å². The molecule has 0 spiro atoms. The lowest BCUT2D eigenvalue weighted by molar-refractivity contribution is 0.0107. The maximum Gasteiger partial charge on any atom is 0.137 e. The van der Waals surface area contributed by atoms with Crippen LogP contribution in [0.15, 0.2) is 78.9 Å². The number of nitrogens with one attached hydrogen (secondary N) is 2. The normalized spacial score (nSPS) is 15.9. The molecule has 0 bridgehead atoms. The molecule has 0 radical (unpaired) electrons. The van der Waals surface area contributed by atoms with E-state index in [0.29, 0.717) is 0 Å². The second-order valence-electron chi connectivity index (χ2n) is 10.6. The van der Waals surface area contributed by atoms with Gasteiger partial charge in [0.25, 0.3) is 0 Å². The number of imidazole rings is 1. The molecule has 1 unspecified atom stereocenters. The molecule has 1 aliphatic rings. The van der Waals surface area contributed by atoms with Crippen molar-refractivity contribution >= 4 is 0 Å². The first kappa shape index (κ1) is 27.0. The number of aryl methyl sites for hydroxylation is 1. The Bertz CT molecular complexity index is 1330. The molecule has 4 aromatic rings. The second kappa shape index (κ2) is 11.6. The molecule has 6 nitrogen and oxygen atoms in total. The van der Waals surface area contributed by atoms with Gasteiger partial charge in [-0.25, -0.2) is 4.98 Å². The second-order valence-corrected chi connectivity index (χ2v) is 10.6. The third kappa shape index (κ3) is 5.07. The van der Waals surface area contributed by atoms with Gasteiger partial charge in [-0.1, -0.05) is 68.4 Å². The smallest absolute Gasteiger partial charge is 0.137 e. The molecule has 1 aromatic heterocycles. The summed E-state index contributed by atoms with van der Waals surface area (Å²) in [5, 5.41) is 3.57. The van der Waals surface area contributed by atoms with Gasteiger partial charge in [-0.05, 0) is 48.2 Å². The zero-order valence-electron chi connectivity index (χ0n) is 23.7. The first-order valence-corrected chi connectivity index (χ1v) is 13.8. The standard InChI is InChI=1S/C33H40N4O2/c1-23(2)33(37-19-17-34-18-20-37,31-24(3)35-32(36-31)25-11-7-6-8-12-25)30(26-13-9-15-28(21-26)38-4)27-14-10-16-29(22-27)39-5/h6-16,21-23,30,34H,17-20H2,1-5H3,(H,35,36). The molecule has 39 heavy (non-hydrogen) atoms. The van der Waals surface area contributed by atoms with Crippen molar-refractivity contribution in [2.75, 3.05) is 40.4 Å². The van der Waals surface area contributed by atoms with E-state index in [1.807, 2.05) is 18.2 Å². The fourth-order valence-electron chi connectivity index (χ4n) is 6.40. The Balaban J connectivity index is 1.83. The Morgan fingerprint density at radius 1 is 0.821 bits per heavy atom. The van der Waals surface area contributed by atoms with Crippen LogP contribution in [0.2, 0.25) is 0 Å². The van der Waals surface area contributed by atoms with E-state index >= 15 is 0 Å². The van der Waals surface area contributed by atoms with Gasteiger partial charge in [0.1, 0.15) is 17.3 Å². The fraction of sp³-hybridized carbons (Fsp3) is 0.364. The van der Waals surface area contributed by atoms with Gasteiger partial charge in [-0.15, -0.1) is 0 Å². The number of ether oxygens (including phenoxy) is 2. The van der Waals surface area contributed by atoms with Crippen LogP contribution in [0.25, 0.3) is 11.4 Å². The molecule has 1 atom stereocenters. The molecule has 0 amide bonds. The van der Waals surface area contributed by atoms with Gasteiger partial charge >= 0.3 is 0 Å². The number of methoxy groups -OCH3 is 2. The summed E-state index contributed by atoms with van der Waals surface area (Å²) in [6.45, 7) is 10.6. The van der Waals surface area contributed by atoms with Gasteiger partial charge < -0.3 is 19.8 Å². The van der Waals surface area contributed by atoms with E-state index < -0.39 is 5.54 Å². The number of aromatic nitrogens is 2. The number of hydrogen-bond donors (Lipinski definition) is 2. The van der Waals surface area contributed by atoms with E-state index in [9.17, 15) is 0 Å². The van der Waals surface area contributed by atoms with Gasteiger partial charge in [0.05, 0.1) is 25.5 Å². The van der Waals surface area contributed by atoms with E-state index in [2.05, 4.69) is 96.6 Å². The molecule has 1 fully saturated rings. The largest absolute Gasteiger partial charge is 0.497 e. The van der Waals surface area contributed by atoms with Crippen molar-refractivity contribution in [2.24, 2.45) is 5.92 Å². The fourth-order valence-corrected chi connectivity index (χ4v) is 6.40. The lowest BCUT2D eigenvalue weighted by Crippen LogP contribution is -2.60. The number of hydrogen-bond acceptors (Lipinski definition) is 5. The Morgan fingerprint density at radius 3 is 1.95 bits per heavy atom. The van der Waals surface area contributed by atoms with E-state index in [-0.39, 0.29) is 11.8 Å². The molecular weight excluding hydrogens is 484 g/mol. The number of rotatable bonds is 9. The zero-order chi connectivity index (χ0) is 27.4. The average molecular weight is 525 g/mol. The third-order valence-corrected chi connectivity index (χ3v) is 8.13. The molecule has 2 N–H and O–H groups in total. The van der Waals surface area contributed by atoms with Crippen molar-refractivity contribution in [3.8, 4) is 22.9 Å². The highest BCUT2D eigenvalue weighted by atomic mass is 16.5. The molecule has 1 aliphatic heterocycles. The van der Waals surface area contributed by atoms with Gasteiger partial charge in [-0.2, -0.15) is 0 Å². The minimum atomic E-state index is -0.450. The van der Waals surface area contributed by atoms with Gasteiger partial charge in [0, 0.05) is 43.4 Å². The lowest BCUT2D eigenvalue weighted by Gasteiger charge is -2.53. The van der Waals surface area contributed by atoms with Crippen LogP contribution in [0.4, 0.5) is 0 Å². The number of H-pyrrole nitrogens is 1. The van der Waals surface area contributed by atoms with Crippen molar-refractivity contribution in [3.63, 3.8) is 0 Å². The molecule has 6 heteroatoms. The summed E-state index contributed by atoms with van der Waals surface area (Å²) in [6.07, 6.45) is 0. The molecule has 0 aliphatic carbocycles. The molecular formula is C33H40N4O2. The van der Waals surface area contributed by atoms with E-state index in [4.69, 9.17) is 14.5 Å². The summed E-state index contributed by atoms with van der Waals surface area (Å²) < 4.78 is 11.5. The first-order chi connectivity index (χ1) is 19.0. The van der Waals surface area contributed by atoms with Crippen LogP contribution in [0.5, 0.6) is 11.5 Å². The number of benzene rings is 3. The predicted molar refractivity (Wildman–Crippen MR) is 158 cm³/mol. The third-order valence-electron chi connectivity index (χ3n) is 8.13. The zero-order valence-corrected chi connectivity index (χ0v) is 23.7. The van der Waals surface area contributed by atoms with Gasteiger partial charge in [0.2, 0.25) is 0 Å². The Labute approximate surface area is 232 Å². The highest BCUT2D eigenvalue weighted by Crippen LogP contribution is 2.52. The van der Waals surface area contributed by atoms with Crippen molar-refractivity contribution in [2.45, 2.75) is 32.2 Å². The van der Waals surface area contributed by atoms with Crippen molar-refractivity contribution < 1.29 is 9.47 Å². The predicted octanol–water partition coefficient (Wildman–Crippen LogP) is 5.99. The molecule has 0 saturated carbocycles. The van der Waals surface area contributed by atoms with Crippen molar-refractivity contribution in [3.05, 3.63) is 101 Å². The summed E-state index contributed by atoms with van der Waals surface area (Å²) in [5.74, 6) is 2.79. The van der Waals surface area contributed by atoms with Crippen molar-refractivity contribution in [1.29, 1.82) is 0 Å². The quantitative estimate of drug-likeness (QED) is 0.282. The Morgan fingerprint density at radius 2 is 1.41 bits per heavy atom. The summed E-state index contributed by atoms with van der Waals surface area (Å²) in [5.41, 5.74) is 5.21. The van der Waals surface area contributed by atoms with Gasteiger partial charge in [0.15, 0.2) is 0 Å². The van der Waals surface area contributed by atoms with Crippen LogP contribution >= 0.6 is 0 Å². The van der Waals surface area contributed by atoms with E-state index in [1.165, 1.54) is 11.1 Å². The maximum absolute atomic E-state index is 5.73. The van der Waals surface area contributed by atoms with E-state index in [0.717, 1.165) is 60.5 Å². The Hall–Kier alpha value is -3.61. The van der Waals surface area contributed by atoms with E-state index in [1.54, 1.807) is 14.2 Å².